The van der Waals surface area contributed by atoms with Crippen LogP contribution >= 0.6 is 0 Å². The van der Waals surface area contributed by atoms with Crippen LogP contribution in [0.4, 0.5) is 13.2 Å². The molecule has 0 saturated carbocycles. The molecular weight excluding hydrogens is 217 g/mol. The van der Waals surface area contributed by atoms with Gasteiger partial charge in [-0.3, -0.25) is 0 Å². The maximum atomic E-state index is 12.3. The van der Waals surface area contributed by atoms with Crippen molar-refractivity contribution in [3.63, 3.8) is 0 Å². The SMILES string of the molecule is COc1ncc(C(=O)O)c(C(F)(F)F)n1. The summed E-state index contributed by atoms with van der Waals surface area (Å²) in [6, 6.07) is -0.535. The Kier molecular flexibility index (Phi) is 2.78. The fraction of sp³-hybridized carbons (Fsp3) is 0.286. The molecule has 0 aliphatic carbocycles. The topological polar surface area (TPSA) is 72.3 Å². The molecule has 82 valence electrons. The molecule has 5 nitrogen and oxygen atoms in total. The van der Waals surface area contributed by atoms with Crippen molar-refractivity contribution in [2.24, 2.45) is 0 Å². The van der Waals surface area contributed by atoms with Crippen LogP contribution in [0.1, 0.15) is 16.1 Å². The number of alkyl halides is 3. The second kappa shape index (κ2) is 3.71. The molecule has 0 saturated heterocycles. The minimum atomic E-state index is -4.86. The molecular formula is C7H5F3N2O3. The Hall–Kier alpha value is -1.86. The van der Waals surface area contributed by atoms with Crippen molar-refractivity contribution in [2.75, 3.05) is 7.11 Å². The number of ether oxygens (including phenoxy) is 1. The van der Waals surface area contributed by atoms with E-state index in [1.54, 1.807) is 0 Å². The largest absolute Gasteiger partial charge is 0.478 e. The van der Waals surface area contributed by atoms with Gasteiger partial charge >= 0.3 is 18.2 Å². The number of halogens is 3. The van der Waals surface area contributed by atoms with E-state index in [1.807, 2.05) is 0 Å². The molecule has 1 rings (SSSR count). The first-order chi connectivity index (χ1) is 6.86. The second-order valence-corrected chi connectivity index (χ2v) is 2.42. The van der Waals surface area contributed by atoms with Gasteiger partial charge in [0.2, 0.25) is 0 Å². The maximum absolute atomic E-state index is 12.3. The van der Waals surface area contributed by atoms with Gasteiger partial charge in [-0.05, 0) is 0 Å². The zero-order valence-electron chi connectivity index (χ0n) is 7.37. The number of carboxylic acid groups (broad SMARTS) is 1. The molecule has 0 atom stereocenters. The van der Waals surface area contributed by atoms with Crippen LogP contribution in [0.3, 0.4) is 0 Å². The van der Waals surface area contributed by atoms with Gasteiger partial charge in [-0.25, -0.2) is 9.78 Å². The molecule has 0 aromatic carbocycles. The maximum Gasteiger partial charge on any atom is 0.434 e. The fourth-order valence-corrected chi connectivity index (χ4v) is 0.837. The van der Waals surface area contributed by atoms with Crippen LogP contribution in [0.25, 0.3) is 0 Å². The molecule has 1 N–H and O–H groups in total. The lowest BCUT2D eigenvalue weighted by Crippen LogP contribution is -2.16. The van der Waals surface area contributed by atoms with Gasteiger partial charge in [0, 0.05) is 6.20 Å². The number of carboxylic acids is 1. The summed E-state index contributed by atoms with van der Waals surface area (Å²) in [6.45, 7) is 0. The highest BCUT2D eigenvalue weighted by Crippen LogP contribution is 2.30. The van der Waals surface area contributed by atoms with Crippen LogP contribution in [0, 0.1) is 0 Å². The molecule has 0 radical (unpaired) electrons. The van der Waals surface area contributed by atoms with E-state index >= 15 is 0 Å². The normalized spacial score (nSPS) is 11.2. The van der Waals surface area contributed by atoms with E-state index in [-0.39, 0.29) is 0 Å². The molecule has 0 fully saturated rings. The molecule has 0 bridgehead atoms. The molecule has 0 spiro atoms. The zero-order valence-corrected chi connectivity index (χ0v) is 7.37. The summed E-state index contributed by atoms with van der Waals surface area (Å²) in [6.07, 6.45) is -4.30. The van der Waals surface area contributed by atoms with E-state index in [9.17, 15) is 18.0 Å². The average Bonchev–Trinajstić information content (AvgIpc) is 2.15. The second-order valence-electron chi connectivity index (χ2n) is 2.42. The third kappa shape index (κ3) is 2.33. The molecule has 1 heterocycles. The highest BCUT2D eigenvalue weighted by molar-refractivity contribution is 5.88. The Morgan fingerprint density at radius 1 is 1.53 bits per heavy atom. The number of aromatic nitrogens is 2. The van der Waals surface area contributed by atoms with Crippen molar-refractivity contribution in [1.29, 1.82) is 0 Å². The van der Waals surface area contributed by atoms with E-state index in [0.29, 0.717) is 6.20 Å². The van der Waals surface area contributed by atoms with E-state index in [0.717, 1.165) is 7.11 Å². The number of hydrogen-bond acceptors (Lipinski definition) is 4. The van der Waals surface area contributed by atoms with E-state index in [1.165, 1.54) is 0 Å². The number of aromatic carboxylic acids is 1. The van der Waals surface area contributed by atoms with Gasteiger partial charge < -0.3 is 9.84 Å². The Labute approximate surface area is 81.5 Å². The van der Waals surface area contributed by atoms with Gasteiger partial charge in [0.15, 0.2) is 5.69 Å². The van der Waals surface area contributed by atoms with Crippen LogP contribution in [0.5, 0.6) is 6.01 Å². The number of hydrogen-bond donors (Lipinski definition) is 1. The lowest BCUT2D eigenvalue weighted by molar-refractivity contribution is -0.142. The van der Waals surface area contributed by atoms with Crippen molar-refractivity contribution in [1.82, 2.24) is 9.97 Å². The van der Waals surface area contributed by atoms with Gasteiger partial charge in [0.25, 0.3) is 0 Å². The standard InChI is InChI=1S/C7H5F3N2O3/c1-15-6-11-2-3(5(13)14)4(12-6)7(8,9)10/h2H,1H3,(H,13,14). The van der Waals surface area contributed by atoms with Crippen LogP contribution in [0.2, 0.25) is 0 Å². The number of nitrogens with zero attached hydrogens (tertiary/aromatic N) is 2. The van der Waals surface area contributed by atoms with E-state index in [2.05, 4.69) is 14.7 Å². The van der Waals surface area contributed by atoms with Crippen molar-refractivity contribution in [3.05, 3.63) is 17.5 Å². The van der Waals surface area contributed by atoms with Crippen molar-refractivity contribution >= 4 is 5.97 Å². The molecule has 1 aromatic rings. The number of carbonyl (C=O) groups is 1. The molecule has 0 amide bonds. The average molecular weight is 222 g/mol. The highest BCUT2D eigenvalue weighted by atomic mass is 19.4. The van der Waals surface area contributed by atoms with E-state index < -0.39 is 29.4 Å². The summed E-state index contributed by atoms with van der Waals surface area (Å²) >= 11 is 0. The molecule has 0 aliphatic heterocycles. The Bertz CT molecular complexity index is 392. The summed E-state index contributed by atoms with van der Waals surface area (Å²) in [4.78, 5) is 16.7. The lowest BCUT2D eigenvalue weighted by Gasteiger charge is -2.09. The van der Waals surface area contributed by atoms with Crippen LogP contribution < -0.4 is 4.74 Å². The Morgan fingerprint density at radius 3 is 2.53 bits per heavy atom. The predicted molar refractivity (Wildman–Crippen MR) is 40.5 cm³/mol. The van der Waals surface area contributed by atoms with Crippen molar-refractivity contribution < 1.29 is 27.8 Å². The Morgan fingerprint density at radius 2 is 2.13 bits per heavy atom. The minimum Gasteiger partial charge on any atom is -0.478 e. The number of methoxy groups -OCH3 is 1. The Balaban J connectivity index is 3.36. The first-order valence-corrected chi connectivity index (χ1v) is 3.57. The van der Waals surface area contributed by atoms with Crippen LogP contribution in [-0.4, -0.2) is 28.2 Å². The van der Waals surface area contributed by atoms with Gasteiger partial charge in [-0.2, -0.15) is 18.2 Å². The van der Waals surface area contributed by atoms with Gasteiger partial charge in [0.1, 0.15) is 5.56 Å². The summed E-state index contributed by atoms with van der Waals surface area (Å²) in [5.41, 5.74) is -2.54. The van der Waals surface area contributed by atoms with Gasteiger partial charge in [-0.15, -0.1) is 0 Å². The highest BCUT2D eigenvalue weighted by Gasteiger charge is 2.38. The van der Waals surface area contributed by atoms with Crippen LogP contribution in [-0.2, 0) is 6.18 Å². The third-order valence-electron chi connectivity index (χ3n) is 1.45. The monoisotopic (exact) mass is 222 g/mol. The summed E-state index contributed by atoms with van der Waals surface area (Å²) < 4.78 is 41.3. The summed E-state index contributed by atoms with van der Waals surface area (Å²) in [5, 5.41) is 8.47. The fourth-order valence-electron chi connectivity index (χ4n) is 0.837. The smallest absolute Gasteiger partial charge is 0.434 e. The zero-order chi connectivity index (χ0) is 11.6. The van der Waals surface area contributed by atoms with Gasteiger partial charge in [-0.1, -0.05) is 0 Å². The van der Waals surface area contributed by atoms with Crippen molar-refractivity contribution in [3.8, 4) is 6.01 Å². The molecule has 0 unspecified atom stereocenters. The minimum absolute atomic E-state index is 0.535. The molecule has 0 aliphatic rings. The van der Waals surface area contributed by atoms with Crippen LogP contribution in [0.15, 0.2) is 6.20 Å². The molecule has 1 aromatic heterocycles. The first-order valence-electron chi connectivity index (χ1n) is 3.57. The quantitative estimate of drug-likeness (QED) is 0.813. The van der Waals surface area contributed by atoms with Crippen molar-refractivity contribution in [2.45, 2.75) is 6.18 Å². The lowest BCUT2D eigenvalue weighted by atomic mass is 10.2. The third-order valence-corrected chi connectivity index (χ3v) is 1.45. The first kappa shape index (κ1) is 11.2. The number of rotatable bonds is 2. The van der Waals surface area contributed by atoms with Gasteiger partial charge in [0.05, 0.1) is 7.11 Å². The molecule has 8 heteroatoms. The molecule has 15 heavy (non-hydrogen) atoms. The predicted octanol–water partition coefficient (Wildman–Crippen LogP) is 1.20. The summed E-state index contributed by atoms with van der Waals surface area (Å²) in [7, 11) is 1.08. The summed E-state index contributed by atoms with van der Waals surface area (Å²) in [5.74, 6) is -1.75. The van der Waals surface area contributed by atoms with E-state index in [4.69, 9.17) is 5.11 Å².